The zero-order valence-corrected chi connectivity index (χ0v) is 17.2. The van der Waals surface area contributed by atoms with Crippen LogP contribution in [0.1, 0.15) is 36.7 Å². The predicted molar refractivity (Wildman–Crippen MR) is 110 cm³/mol. The maximum absolute atomic E-state index is 12.3. The zero-order valence-electron chi connectivity index (χ0n) is 17.2. The molecule has 0 atom stereocenters. The fourth-order valence-corrected chi connectivity index (χ4v) is 2.73. The molecule has 1 aromatic rings. The van der Waals surface area contributed by atoms with E-state index in [0.29, 0.717) is 37.7 Å². The third kappa shape index (κ3) is 7.29. The van der Waals surface area contributed by atoms with E-state index in [1.54, 1.807) is 13.1 Å². The van der Waals surface area contributed by atoms with Crippen LogP contribution in [0.4, 0.5) is 0 Å². The Balaban J connectivity index is 2.73. The van der Waals surface area contributed by atoms with E-state index in [2.05, 4.69) is 15.6 Å². The molecular formula is C20H33N5O2. The Labute approximate surface area is 162 Å². The van der Waals surface area contributed by atoms with Crippen LogP contribution in [0.5, 0.6) is 0 Å². The molecule has 0 saturated carbocycles. The first-order valence-electron chi connectivity index (χ1n) is 9.54. The van der Waals surface area contributed by atoms with Crippen molar-refractivity contribution in [2.75, 3.05) is 46.8 Å². The fraction of sp³-hybridized carbons (Fsp3) is 0.550. The maximum Gasteiger partial charge on any atom is 0.251 e. The van der Waals surface area contributed by atoms with Crippen LogP contribution in [0.25, 0.3) is 0 Å². The van der Waals surface area contributed by atoms with Crippen LogP contribution in [0, 0.1) is 0 Å². The largest absolute Gasteiger partial charge is 0.357 e. The third-order valence-electron chi connectivity index (χ3n) is 4.26. The van der Waals surface area contributed by atoms with Gasteiger partial charge in [-0.15, -0.1) is 0 Å². The molecule has 0 fully saturated rings. The number of aliphatic imine (C=N–C) groups is 1. The summed E-state index contributed by atoms with van der Waals surface area (Å²) in [6.45, 7) is 8.97. The van der Waals surface area contributed by atoms with Crippen LogP contribution in [0.2, 0.25) is 0 Å². The van der Waals surface area contributed by atoms with Gasteiger partial charge in [-0.2, -0.15) is 0 Å². The van der Waals surface area contributed by atoms with Gasteiger partial charge in [0, 0.05) is 45.8 Å². The summed E-state index contributed by atoms with van der Waals surface area (Å²) in [5.41, 5.74) is 1.70. The van der Waals surface area contributed by atoms with Gasteiger partial charge in [0.25, 0.3) is 5.91 Å². The van der Waals surface area contributed by atoms with E-state index in [-0.39, 0.29) is 11.8 Å². The Morgan fingerprint density at radius 1 is 1.15 bits per heavy atom. The van der Waals surface area contributed by atoms with Crippen LogP contribution in [0.15, 0.2) is 29.3 Å². The number of rotatable bonds is 9. The number of likely N-dealkylation sites (N-methyl/N-ethyl adjacent to an activating group) is 2. The second kappa shape index (κ2) is 11.9. The summed E-state index contributed by atoms with van der Waals surface area (Å²) in [5.74, 6) is 0.704. The van der Waals surface area contributed by atoms with Crippen LogP contribution < -0.4 is 10.6 Å². The van der Waals surface area contributed by atoms with Crippen molar-refractivity contribution in [1.29, 1.82) is 0 Å². The molecule has 0 heterocycles. The molecule has 0 aliphatic rings. The summed E-state index contributed by atoms with van der Waals surface area (Å²) < 4.78 is 0. The summed E-state index contributed by atoms with van der Waals surface area (Å²) in [6.07, 6.45) is 0.720. The number of nitrogens with zero attached hydrogens (tertiary/aromatic N) is 3. The monoisotopic (exact) mass is 375 g/mol. The van der Waals surface area contributed by atoms with Crippen LogP contribution in [0.3, 0.4) is 0 Å². The lowest BCUT2D eigenvalue weighted by Crippen LogP contribution is -2.45. The molecule has 0 aliphatic heterocycles. The van der Waals surface area contributed by atoms with Gasteiger partial charge in [0.05, 0.1) is 6.54 Å². The van der Waals surface area contributed by atoms with Crippen molar-refractivity contribution in [1.82, 2.24) is 20.4 Å². The highest BCUT2D eigenvalue weighted by molar-refractivity contribution is 5.94. The zero-order chi connectivity index (χ0) is 20.2. The smallest absolute Gasteiger partial charge is 0.251 e. The Morgan fingerprint density at radius 2 is 1.85 bits per heavy atom. The molecule has 2 amide bonds. The number of guanidine groups is 1. The number of hydrogen-bond acceptors (Lipinski definition) is 3. The minimum Gasteiger partial charge on any atom is -0.357 e. The summed E-state index contributed by atoms with van der Waals surface area (Å²) >= 11 is 0. The highest BCUT2D eigenvalue weighted by atomic mass is 16.2. The van der Waals surface area contributed by atoms with Gasteiger partial charge in [-0.25, -0.2) is 0 Å². The Kier molecular flexibility index (Phi) is 9.93. The number of amides is 2. The highest BCUT2D eigenvalue weighted by Crippen LogP contribution is 2.06. The van der Waals surface area contributed by atoms with Crippen molar-refractivity contribution in [2.45, 2.75) is 27.2 Å². The molecule has 27 heavy (non-hydrogen) atoms. The van der Waals surface area contributed by atoms with Crippen molar-refractivity contribution in [3.63, 3.8) is 0 Å². The lowest BCUT2D eigenvalue weighted by atomic mass is 10.1. The molecule has 1 rings (SSSR count). The fourth-order valence-electron chi connectivity index (χ4n) is 2.73. The molecule has 7 nitrogen and oxygen atoms in total. The highest BCUT2D eigenvalue weighted by Gasteiger charge is 2.14. The molecule has 2 N–H and O–H groups in total. The number of benzene rings is 1. The topological polar surface area (TPSA) is 77.0 Å². The molecule has 0 saturated heterocycles. The quantitative estimate of drug-likeness (QED) is 0.505. The first-order chi connectivity index (χ1) is 13.0. The Hall–Kier alpha value is -2.57. The molecule has 0 aliphatic carbocycles. The molecule has 0 unspecified atom stereocenters. The number of carbonyl (C=O) groups is 2. The van der Waals surface area contributed by atoms with E-state index >= 15 is 0 Å². The molecule has 7 heteroatoms. The van der Waals surface area contributed by atoms with Crippen molar-refractivity contribution in [3.8, 4) is 0 Å². The van der Waals surface area contributed by atoms with Crippen molar-refractivity contribution in [3.05, 3.63) is 35.4 Å². The Bertz CT molecular complexity index is 641. The second-order valence-electron chi connectivity index (χ2n) is 6.19. The van der Waals surface area contributed by atoms with E-state index in [9.17, 15) is 9.59 Å². The summed E-state index contributed by atoms with van der Waals surface area (Å²) in [7, 11) is 3.49. The average Bonchev–Trinajstić information content (AvgIpc) is 2.67. The molecule has 0 radical (unpaired) electrons. The summed E-state index contributed by atoms with van der Waals surface area (Å²) in [6, 6.07) is 7.54. The van der Waals surface area contributed by atoms with Gasteiger partial charge >= 0.3 is 0 Å². The van der Waals surface area contributed by atoms with Gasteiger partial charge < -0.3 is 20.4 Å². The van der Waals surface area contributed by atoms with E-state index in [0.717, 1.165) is 18.5 Å². The van der Waals surface area contributed by atoms with Crippen LogP contribution >= 0.6 is 0 Å². The number of hydrogen-bond donors (Lipinski definition) is 2. The maximum atomic E-state index is 12.3. The molecule has 0 aromatic heterocycles. The van der Waals surface area contributed by atoms with Crippen molar-refractivity contribution in [2.24, 2.45) is 4.99 Å². The summed E-state index contributed by atoms with van der Waals surface area (Å²) in [5, 5.41) is 5.86. The molecule has 150 valence electrons. The van der Waals surface area contributed by atoms with Crippen molar-refractivity contribution < 1.29 is 9.59 Å². The van der Waals surface area contributed by atoms with Gasteiger partial charge in [-0.3, -0.25) is 14.6 Å². The van der Waals surface area contributed by atoms with Crippen LogP contribution in [-0.4, -0.2) is 74.4 Å². The van der Waals surface area contributed by atoms with Gasteiger partial charge in [0.1, 0.15) is 0 Å². The molecular weight excluding hydrogens is 342 g/mol. The van der Waals surface area contributed by atoms with E-state index in [1.807, 2.05) is 55.8 Å². The first kappa shape index (κ1) is 22.5. The summed E-state index contributed by atoms with van der Waals surface area (Å²) in [4.78, 5) is 32.3. The lowest BCUT2D eigenvalue weighted by Gasteiger charge is -2.25. The third-order valence-corrected chi connectivity index (χ3v) is 4.26. The van der Waals surface area contributed by atoms with Gasteiger partial charge in [-0.1, -0.05) is 12.1 Å². The van der Waals surface area contributed by atoms with Gasteiger partial charge in [-0.05, 0) is 44.9 Å². The van der Waals surface area contributed by atoms with E-state index < -0.39 is 0 Å². The lowest BCUT2D eigenvalue weighted by molar-refractivity contribution is -0.131. The molecule has 1 aromatic carbocycles. The Morgan fingerprint density at radius 3 is 2.44 bits per heavy atom. The minimum absolute atomic E-state index is 0.0892. The molecule has 0 bridgehead atoms. The van der Waals surface area contributed by atoms with Crippen molar-refractivity contribution >= 4 is 17.8 Å². The number of nitrogens with one attached hydrogen (secondary N) is 2. The van der Waals surface area contributed by atoms with Gasteiger partial charge in [0.2, 0.25) is 5.91 Å². The SMILES string of the molecule is CCNC(=NCCc1cccc(C(=O)NC)c1)N(C)CC(=O)N(CC)CC. The predicted octanol–water partition coefficient (Wildman–Crippen LogP) is 1.35. The average molecular weight is 376 g/mol. The van der Waals surface area contributed by atoms with Gasteiger partial charge in [0.15, 0.2) is 5.96 Å². The van der Waals surface area contributed by atoms with Crippen LogP contribution in [-0.2, 0) is 11.2 Å². The second-order valence-corrected chi connectivity index (χ2v) is 6.19. The van der Waals surface area contributed by atoms with E-state index in [1.165, 1.54) is 0 Å². The minimum atomic E-state index is -0.0941. The number of carbonyl (C=O) groups excluding carboxylic acids is 2. The first-order valence-corrected chi connectivity index (χ1v) is 9.54. The standard InChI is InChI=1S/C20H33N5O2/c1-6-22-20(24(5)15-18(26)25(7-2)8-3)23-13-12-16-10-9-11-17(14-16)19(27)21-4/h9-11,14H,6-8,12-13,15H2,1-5H3,(H,21,27)(H,22,23). The molecule has 0 spiro atoms. The normalized spacial score (nSPS) is 11.1. The van der Waals surface area contributed by atoms with E-state index in [4.69, 9.17) is 0 Å².